The lowest BCUT2D eigenvalue weighted by atomic mass is 9.64. The van der Waals surface area contributed by atoms with Crippen molar-refractivity contribution in [2.45, 2.75) is 58.3 Å². The molecule has 0 radical (unpaired) electrons. The average molecular weight is 195 g/mol. The lowest BCUT2D eigenvalue weighted by molar-refractivity contribution is 0.0857. The molecule has 2 fully saturated rings. The maximum atomic E-state index is 6.09. The third-order valence-electron chi connectivity index (χ3n) is 5.06. The summed E-state index contributed by atoms with van der Waals surface area (Å²) in [5.41, 5.74) is 6.63. The van der Waals surface area contributed by atoms with Crippen LogP contribution in [0.5, 0.6) is 0 Å². The molecule has 2 aliphatic rings. The Morgan fingerprint density at radius 1 is 1.07 bits per heavy atom. The van der Waals surface area contributed by atoms with Crippen LogP contribution in [0.15, 0.2) is 0 Å². The first kappa shape index (κ1) is 10.5. The Morgan fingerprint density at radius 2 is 1.79 bits per heavy atom. The van der Waals surface area contributed by atoms with E-state index in [2.05, 4.69) is 6.92 Å². The van der Waals surface area contributed by atoms with Crippen molar-refractivity contribution >= 4 is 0 Å². The van der Waals surface area contributed by atoms with E-state index in [0.29, 0.717) is 5.41 Å². The SMILES string of the molecule is CC1CCCC1(CN)C1CCCCC1. The summed E-state index contributed by atoms with van der Waals surface area (Å²) in [6, 6.07) is 0. The van der Waals surface area contributed by atoms with Crippen LogP contribution in [0, 0.1) is 17.3 Å². The fourth-order valence-electron chi connectivity index (χ4n) is 4.03. The van der Waals surface area contributed by atoms with Crippen LogP contribution in [-0.4, -0.2) is 6.54 Å². The van der Waals surface area contributed by atoms with Crippen molar-refractivity contribution in [3.63, 3.8) is 0 Å². The van der Waals surface area contributed by atoms with E-state index in [4.69, 9.17) is 5.73 Å². The first-order valence-corrected chi connectivity index (χ1v) is 6.49. The van der Waals surface area contributed by atoms with Gasteiger partial charge in [0.25, 0.3) is 0 Å². The Balaban J connectivity index is 2.09. The maximum absolute atomic E-state index is 6.09. The molecular weight excluding hydrogens is 170 g/mol. The molecule has 0 bridgehead atoms. The molecule has 2 unspecified atom stereocenters. The van der Waals surface area contributed by atoms with E-state index in [9.17, 15) is 0 Å². The van der Waals surface area contributed by atoms with Gasteiger partial charge < -0.3 is 5.73 Å². The molecule has 0 aromatic heterocycles. The van der Waals surface area contributed by atoms with Gasteiger partial charge in [0.05, 0.1) is 0 Å². The van der Waals surface area contributed by atoms with Crippen molar-refractivity contribution in [2.24, 2.45) is 23.0 Å². The quantitative estimate of drug-likeness (QED) is 0.718. The summed E-state index contributed by atoms with van der Waals surface area (Å²) in [6.45, 7) is 3.38. The Hall–Kier alpha value is -0.0400. The first-order valence-electron chi connectivity index (χ1n) is 6.49. The minimum absolute atomic E-state index is 0.542. The van der Waals surface area contributed by atoms with Gasteiger partial charge in [0.2, 0.25) is 0 Å². The van der Waals surface area contributed by atoms with Crippen LogP contribution < -0.4 is 5.73 Å². The average Bonchev–Trinajstić information content (AvgIpc) is 2.62. The monoisotopic (exact) mass is 195 g/mol. The Bertz CT molecular complexity index is 184. The van der Waals surface area contributed by atoms with Gasteiger partial charge in [-0.3, -0.25) is 0 Å². The fourth-order valence-corrected chi connectivity index (χ4v) is 4.03. The first-order chi connectivity index (χ1) is 6.79. The lowest BCUT2D eigenvalue weighted by Gasteiger charge is -2.42. The summed E-state index contributed by atoms with van der Waals surface area (Å²) >= 11 is 0. The molecule has 0 aliphatic heterocycles. The molecule has 14 heavy (non-hydrogen) atoms. The summed E-state index contributed by atoms with van der Waals surface area (Å²) in [4.78, 5) is 0. The van der Waals surface area contributed by atoms with E-state index in [-0.39, 0.29) is 0 Å². The summed E-state index contributed by atoms with van der Waals surface area (Å²) in [6.07, 6.45) is 11.6. The van der Waals surface area contributed by atoms with Gasteiger partial charge in [-0.25, -0.2) is 0 Å². The molecule has 0 amide bonds. The van der Waals surface area contributed by atoms with Crippen LogP contribution >= 0.6 is 0 Å². The van der Waals surface area contributed by atoms with Gasteiger partial charge in [0, 0.05) is 0 Å². The molecule has 82 valence electrons. The fraction of sp³-hybridized carbons (Fsp3) is 1.00. The molecular formula is C13H25N. The topological polar surface area (TPSA) is 26.0 Å². The molecule has 0 heterocycles. The van der Waals surface area contributed by atoms with Crippen LogP contribution in [0.25, 0.3) is 0 Å². The van der Waals surface area contributed by atoms with Crippen molar-refractivity contribution in [3.05, 3.63) is 0 Å². The summed E-state index contributed by atoms with van der Waals surface area (Å²) < 4.78 is 0. The molecule has 2 saturated carbocycles. The smallest absolute Gasteiger partial charge is 0.00153 e. The van der Waals surface area contributed by atoms with Crippen LogP contribution in [-0.2, 0) is 0 Å². The number of nitrogens with two attached hydrogens (primary N) is 1. The number of hydrogen-bond acceptors (Lipinski definition) is 1. The zero-order valence-electron chi connectivity index (χ0n) is 9.60. The Morgan fingerprint density at radius 3 is 2.29 bits per heavy atom. The predicted molar refractivity (Wildman–Crippen MR) is 61.1 cm³/mol. The molecule has 1 nitrogen and oxygen atoms in total. The predicted octanol–water partition coefficient (Wildman–Crippen LogP) is 3.33. The zero-order valence-corrected chi connectivity index (χ0v) is 9.60. The minimum Gasteiger partial charge on any atom is -0.330 e. The van der Waals surface area contributed by atoms with Crippen LogP contribution in [0.3, 0.4) is 0 Å². The molecule has 0 aromatic carbocycles. The van der Waals surface area contributed by atoms with E-state index in [1.807, 2.05) is 0 Å². The van der Waals surface area contributed by atoms with E-state index in [0.717, 1.165) is 18.4 Å². The largest absolute Gasteiger partial charge is 0.330 e. The van der Waals surface area contributed by atoms with Gasteiger partial charge in [0.1, 0.15) is 0 Å². The number of hydrogen-bond donors (Lipinski definition) is 1. The van der Waals surface area contributed by atoms with E-state index >= 15 is 0 Å². The lowest BCUT2D eigenvalue weighted by Crippen LogP contribution is -2.41. The molecule has 2 atom stereocenters. The molecule has 2 N–H and O–H groups in total. The van der Waals surface area contributed by atoms with E-state index < -0.39 is 0 Å². The van der Waals surface area contributed by atoms with Crippen molar-refractivity contribution in [1.82, 2.24) is 0 Å². The van der Waals surface area contributed by atoms with Gasteiger partial charge in [-0.05, 0) is 43.1 Å². The molecule has 0 saturated heterocycles. The van der Waals surface area contributed by atoms with Gasteiger partial charge in [-0.2, -0.15) is 0 Å². The summed E-state index contributed by atoms with van der Waals surface area (Å²) in [5, 5.41) is 0. The minimum atomic E-state index is 0.542. The molecule has 2 aliphatic carbocycles. The normalized spacial score (nSPS) is 40.3. The molecule has 2 rings (SSSR count). The van der Waals surface area contributed by atoms with Crippen molar-refractivity contribution in [2.75, 3.05) is 6.54 Å². The van der Waals surface area contributed by atoms with Crippen molar-refractivity contribution < 1.29 is 0 Å². The Kier molecular flexibility index (Phi) is 3.16. The highest BCUT2D eigenvalue weighted by atomic mass is 14.7. The Labute approximate surface area is 88.4 Å². The summed E-state index contributed by atoms with van der Waals surface area (Å²) in [5.74, 6) is 1.84. The highest BCUT2D eigenvalue weighted by Gasteiger charge is 2.44. The number of rotatable bonds is 2. The van der Waals surface area contributed by atoms with Crippen molar-refractivity contribution in [1.29, 1.82) is 0 Å². The molecule has 0 aromatic rings. The second-order valence-electron chi connectivity index (χ2n) is 5.57. The zero-order chi connectivity index (χ0) is 10.0. The van der Waals surface area contributed by atoms with Gasteiger partial charge in [-0.1, -0.05) is 39.0 Å². The van der Waals surface area contributed by atoms with Crippen LogP contribution in [0.1, 0.15) is 58.3 Å². The second kappa shape index (κ2) is 4.22. The van der Waals surface area contributed by atoms with Crippen LogP contribution in [0.4, 0.5) is 0 Å². The molecule has 0 spiro atoms. The van der Waals surface area contributed by atoms with E-state index in [1.165, 1.54) is 51.4 Å². The van der Waals surface area contributed by atoms with Gasteiger partial charge in [0.15, 0.2) is 0 Å². The van der Waals surface area contributed by atoms with Crippen LogP contribution in [0.2, 0.25) is 0 Å². The highest BCUT2D eigenvalue weighted by Crippen LogP contribution is 2.52. The highest BCUT2D eigenvalue weighted by molar-refractivity contribution is 4.96. The second-order valence-corrected chi connectivity index (χ2v) is 5.57. The summed E-state index contributed by atoms with van der Waals surface area (Å²) in [7, 11) is 0. The third kappa shape index (κ3) is 1.60. The van der Waals surface area contributed by atoms with Gasteiger partial charge >= 0.3 is 0 Å². The molecule has 1 heteroatoms. The van der Waals surface area contributed by atoms with Crippen molar-refractivity contribution in [3.8, 4) is 0 Å². The van der Waals surface area contributed by atoms with E-state index in [1.54, 1.807) is 0 Å². The van der Waals surface area contributed by atoms with Gasteiger partial charge in [-0.15, -0.1) is 0 Å². The maximum Gasteiger partial charge on any atom is -0.00153 e. The standard InChI is InChI=1S/C13H25N/c1-11-6-5-9-13(11,10-14)12-7-3-2-4-8-12/h11-12H,2-10,14H2,1H3. The third-order valence-corrected chi connectivity index (χ3v) is 5.06.